The maximum absolute atomic E-state index is 10.9. The van der Waals surface area contributed by atoms with Gasteiger partial charge in [0.05, 0.1) is 6.61 Å². The van der Waals surface area contributed by atoms with Crippen molar-refractivity contribution in [1.82, 2.24) is 0 Å². The van der Waals surface area contributed by atoms with E-state index in [2.05, 4.69) is 0 Å². The normalized spacial score (nSPS) is 9.50. The van der Waals surface area contributed by atoms with Crippen LogP contribution in [0.25, 0.3) is 0 Å². The number of ketones is 1. The van der Waals surface area contributed by atoms with Crippen molar-refractivity contribution in [2.24, 2.45) is 0 Å². The van der Waals surface area contributed by atoms with E-state index in [0.717, 1.165) is 12.8 Å². The number of Topliss-reactive ketones (excluding diaryl/α,β-unsaturated/α-hetero) is 1. The van der Waals surface area contributed by atoms with Crippen LogP contribution in [0.5, 0.6) is 0 Å². The predicted octanol–water partition coefficient (Wildman–Crippen LogP) is 1.70. The van der Waals surface area contributed by atoms with E-state index in [1.165, 1.54) is 0 Å². The smallest absolute Gasteiger partial charge is 0.313 e. The van der Waals surface area contributed by atoms with Crippen molar-refractivity contribution in [3.8, 4) is 0 Å². The van der Waals surface area contributed by atoms with Crippen molar-refractivity contribution in [2.45, 2.75) is 39.5 Å². The molecule has 0 unspecified atom stereocenters. The second-order valence-corrected chi connectivity index (χ2v) is 2.69. The molecule has 0 radical (unpaired) electrons. The third-order valence-corrected chi connectivity index (χ3v) is 1.34. The molecule has 0 aliphatic rings. The van der Waals surface area contributed by atoms with Crippen LogP contribution in [0, 0.1) is 0 Å². The summed E-state index contributed by atoms with van der Waals surface area (Å²) in [4.78, 5) is 21.8. The van der Waals surface area contributed by atoms with Crippen LogP contribution in [0.1, 0.15) is 39.5 Å². The van der Waals surface area contributed by atoms with Crippen molar-refractivity contribution in [3.05, 3.63) is 0 Å². The van der Waals surface area contributed by atoms with Crippen LogP contribution in [0.2, 0.25) is 0 Å². The van der Waals surface area contributed by atoms with Crippen LogP contribution in [-0.4, -0.2) is 18.4 Å². The molecule has 0 aromatic rings. The lowest BCUT2D eigenvalue weighted by Crippen LogP contribution is -2.11. The predicted molar refractivity (Wildman–Crippen MR) is 45.8 cm³/mol. The summed E-state index contributed by atoms with van der Waals surface area (Å²) in [5, 5.41) is 0. The van der Waals surface area contributed by atoms with E-state index in [1.54, 1.807) is 0 Å². The fraction of sp³-hybridized carbons (Fsp3) is 0.778. The third kappa shape index (κ3) is 5.89. The molecule has 0 spiro atoms. The zero-order valence-corrected chi connectivity index (χ0v) is 7.76. The highest BCUT2D eigenvalue weighted by Gasteiger charge is 2.08. The number of carbonyl (C=O) groups is 2. The Morgan fingerprint density at radius 2 is 1.83 bits per heavy atom. The van der Waals surface area contributed by atoms with Crippen LogP contribution in [-0.2, 0) is 14.3 Å². The summed E-state index contributed by atoms with van der Waals surface area (Å²) < 4.78 is 4.75. The van der Waals surface area contributed by atoms with Crippen LogP contribution < -0.4 is 0 Å². The lowest BCUT2D eigenvalue weighted by atomic mass is 10.2. The second-order valence-electron chi connectivity index (χ2n) is 2.69. The molecule has 0 amide bonds. The molecule has 3 heteroatoms. The third-order valence-electron chi connectivity index (χ3n) is 1.34. The molecule has 0 saturated carbocycles. The second kappa shape index (κ2) is 6.83. The first-order chi connectivity index (χ1) is 5.70. The number of rotatable bonds is 6. The van der Waals surface area contributed by atoms with Gasteiger partial charge >= 0.3 is 5.97 Å². The highest BCUT2D eigenvalue weighted by molar-refractivity contribution is 5.95. The Balaban J connectivity index is 3.47. The monoisotopic (exact) mass is 172 g/mol. The van der Waals surface area contributed by atoms with Crippen LogP contribution in [0.15, 0.2) is 0 Å². The maximum Gasteiger partial charge on any atom is 0.313 e. The van der Waals surface area contributed by atoms with E-state index in [9.17, 15) is 9.59 Å². The molecule has 0 bridgehead atoms. The van der Waals surface area contributed by atoms with Crippen molar-refractivity contribution in [1.29, 1.82) is 0 Å². The number of hydrogen-bond acceptors (Lipinski definition) is 3. The first-order valence-electron chi connectivity index (χ1n) is 4.38. The molecule has 0 aromatic carbocycles. The summed E-state index contributed by atoms with van der Waals surface area (Å²) in [6.45, 7) is 4.24. The number of carbonyl (C=O) groups excluding carboxylic acids is 2. The number of hydrogen-bond donors (Lipinski definition) is 0. The molecule has 0 aromatic heterocycles. The molecular weight excluding hydrogens is 156 g/mol. The van der Waals surface area contributed by atoms with Crippen molar-refractivity contribution >= 4 is 11.8 Å². The number of ether oxygens (including phenoxy) is 1. The molecule has 12 heavy (non-hydrogen) atoms. The van der Waals surface area contributed by atoms with Gasteiger partial charge in [0.25, 0.3) is 0 Å². The topological polar surface area (TPSA) is 43.4 Å². The quantitative estimate of drug-likeness (QED) is 0.452. The van der Waals surface area contributed by atoms with Gasteiger partial charge in [-0.15, -0.1) is 0 Å². The van der Waals surface area contributed by atoms with Gasteiger partial charge in [0.2, 0.25) is 0 Å². The summed E-state index contributed by atoms with van der Waals surface area (Å²) in [5.74, 6) is -0.422. The highest BCUT2D eigenvalue weighted by Crippen LogP contribution is 1.96. The van der Waals surface area contributed by atoms with Crippen molar-refractivity contribution in [2.75, 3.05) is 6.61 Å². The fourth-order valence-corrected chi connectivity index (χ4v) is 0.795. The molecule has 0 heterocycles. The van der Waals surface area contributed by atoms with Gasteiger partial charge in [0.15, 0.2) is 0 Å². The first kappa shape index (κ1) is 11.1. The van der Waals surface area contributed by atoms with E-state index >= 15 is 0 Å². The Morgan fingerprint density at radius 3 is 2.33 bits per heavy atom. The minimum absolute atomic E-state index is 0.0291. The average Bonchev–Trinajstić information content (AvgIpc) is 2.01. The Labute approximate surface area is 73.1 Å². The summed E-state index contributed by atoms with van der Waals surface area (Å²) in [6.07, 6.45) is 2.00. The van der Waals surface area contributed by atoms with E-state index in [1.807, 2.05) is 13.8 Å². The minimum Gasteiger partial charge on any atom is -0.465 e. The molecule has 0 atom stereocenters. The van der Waals surface area contributed by atoms with Crippen LogP contribution >= 0.6 is 0 Å². The van der Waals surface area contributed by atoms with E-state index in [0.29, 0.717) is 13.0 Å². The van der Waals surface area contributed by atoms with Gasteiger partial charge in [-0.2, -0.15) is 0 Å². The average molecular weight is 172 g/mol. The van der Waals surface area contributed by atoms with Gasteiger partial charge in [-0.1, -0.05) is 13.8 Å². The van der Waals surface area contributed by atoms with Gasteiger partial charge < -0.3 is 4.74 Å². The summed E-state index contributed by atoms with van der Waals surface area (Å²) in [7, 11) is 0. The van der Waals surface area contributed by atoms with Crippen molar-refractivity contribution in [3.63, 3.8) is 0 Å². The van der Waals surface area contributed by atoms with Crippen molar-refractivity contribution < 1.29 is 14.3 Å². The fourth-order valence-electron chi connectivity index (χ4n) is 0.795. The summed E-state index contributed by atoms with van der Waals surface area (Å²) in [6, 6.07) is 0. The molecule has 0 aliphatic heterocycles. The van der Waals surface area contributed by atoms with E-state index < -0.39 is 5.97 Å². The minimum atomic E-state index is -0.393. The Hall–Kier alpha value is -0.860. The molecule has 3 nitrogen and oxygen atoms in total. The summed E-state index contributed by atoms with van der Waals surface area (Å²) in [5.41, 5.74) is 0. The van der Waals surface area contributed by atoms with Gasteiger partial charge in [0.1, 0.15) is 12.2 Å². The number of esters is 1. The zero-order valence-electron chi connectivity index (χ0n) is 7.76. The molecule has 70 valence electrons. The molecule has 0 N–H and O–H groups in total. The summed E-state index contributed by atoms with van der Waals surface area (Å²) >= 11 is 0. The molecule has 0 aliphatic carbocycles. The largest absolute Gasteiger partial charge is 0.465 e. The Bertz CT molecular complexity index is 152. The maximum atomic E-state index is 10.9. The molecule has 0 rings (SSSR count). The molecule has 0 fully saturated rings. The SMILES string of the molecule is CCCOC(=O)CC(=O)CCC. The first-order valence-corrected chi connectivity index (χ1v) is 4.38. The van der Waals surface area contributed by atoms with Gasteiger partial charge in [-0.05, 0) is 12.8 Å². The standard InChI is InChI=1S/C9H16O3/c1-3-5-8(10)7-9(11)12-6-4-2/h3-7H2,1-2H3. The molecule has 0 saturated heterocycles. The zero-order chi connectivity index (χ0) is 9.40. The lowest BCUT2D eigenvalue weighted by molar-refractivity contribution is -0.146. The lowest BCUT2D eigenvalue weighted by Gasteiger charge is -2.00. The Kier molecular flexibility index (Phi) is 6.34. The van der Waals surface area contributed by atoms with E-state index in [4.69, 9.17) is 4.74 Å². The van der Waals surface area contributed by atoms with Gasteiger partial charge in [0, 0.05) is 6.42 Å². The van der Waals surface area contributed by atoms with Gasteiger partial charge in [-0.3, -0.25) is 9.59 Å². The van der Waals surface area contributed by atoms with E-state index in [-0.39, 0.29) is 12.2 Å². The molecular formula is C9H16O3. The van der Waals surface area contributed by atoms with Crippen LogP contribution in [0.3, 0.4) is 0 Å². The Morgan fingerprint density at radius 1 is 1.17 bits per heavy atom. The highest BCUT2D eigenvalue weighted by atomic mass is 16.5. The van der Waals surface area contributed by atoms with Gasteiger partial charge in [-0.25, -0.2) is 0 Å². The van der Waals surface area contributed by atoms with Crippen LogP contribution in [0.4, 0.5) is 0 Å².